The molecule has 0 radical (unpaired) electrons. The van der Waals surface area contributed by atoms with Crippen molar-refractivity contribution in [2.75, 3.05) is 11.9 Å². The molecule has 112 valence electrons. The van der Waals surface area contributed by atoms with Crippen LogP contribution < -0.4 is 11.0 Å². The molecule has 0 aliphatic carbocycles. The molecule has 21 heavy (non-hydrogen) atoms. The molecule has 2 aromatic rings. The molecule has 6 nitrogen and oxygen atoms in total. The summed E-state index contributed by atoms with van der Waals surface area (Å²) in [4.78, 5) is 24.6. The van der Waals surface area contributed by atoms with Crippen LogP contribution in [0.1, 0.15) is 28.3 Å². The summed E-state index contributed by atoms with van der Waals surface area (Å²) in [5.41, 5.74) is 4.48. The van der Waals surface area contributed by atoms with Gasteiger partial charge in [0, 0.05) is 35.9 Å². The van der Waals surface area contributed by atoms with E-state index in [1.807, 2.05) is 40.7 Å². The molecule has 0 unspecified atom stereocenters. The van der Waals surface area contributed by atoms with E-state index in [2.05, 4.69) is 20.3 Å². The maximum atomic E-state index is 11.8. The Balaban J connectivity index is 2.07. The Morgan fingerprint density at radius 3 is 2.24 bits per heavy atom. The highest BCUT2D eigenvalue weighted by Gasteiger charge is 2.05. The first-order chi connectivity index (χ1) is 9.88. The first kappa shape index (κ1) is 15.2. The van der Waals surface area contributed by atoms with E-state index < -0.39 is 0 Å². The molecule has 0 saturated carbocycles. The smallest absolute Gasteiger partial charge is 0.348 e. The molecule has 6 heteroatoms. The summed E-state index contributed by atoms with van der Waals surface area (Å²) in [6, 6.07) is 1.90. The van der Waals surface area contributed by atoms with Crippen molar-refractivity contribution in [3.8, 4) is 0 Å². The van der Waals surface area contributed by atoms with Gasteiger partial charge in [-0.1, -0.05) is 0 Å². The van der Waals surface area contributed by atoms with E-state index in [-0.39, 0.29) is 5.69 Å². The topological polar surface area (TPSA) is 72.7 Å². The summed E-state index contributed by atoms with van der Waals surface area (Å²) in [5, 5.41) is 3.16. The van der Waals surface area contributed by atoms with Crippen molar-refractivity contribution in [3.05, 3.63) is 44.9 Å². The highest BCUT2D eigenvalue weighted by molar-refractivity contribution is 5.32. The van der Waals surface area contributed by atoms with E-state index in [0.717, 1.165) is 28.3 Å². The van der Waals surface area contributed by atoms with Crippen LogP contribution in [0.5, 0.6) is 0 Å². The zero-order valence-corrected chi connectivity index (χ0v) is 13.2. The minimum Gasteiger partial charge on any atom is -0.352 e. The Morgan fingerprint density at radius 2 is 1.67 bits per heavy atom. The molecule has 0 saturated heterocycles. The first-order valence-electron chi connectivity index (χ1n) is 6.99. The van der Waals surface area contributed by atoms with Crippen LogP contribution in [0.2, 0.25) is 0 Å². The van der Waals surface area contributed by atoms with Gasteiger partial charge < -0.3 is 5.32 Å². The van der Waals surface area contributed by atoms with Crippen LogP contribution in [-0.4, -0.2) is 26.1 Å². The third-order valence-corrected chi connectivity index (χ3v) is 3.60. The lowest BCUT2D eigenvalue weighted by Crippen LogP contribution is -2.28. The fourth-order valence-electron chi connectivity index (χ4n) is 2.18. The molecule has 2 aromatic heterocycles. The van der Waals surface area contributed by atoms with Gasteiger partial charge in [0.25, 0.3) is 0 Å². The van der Waals surface area contributed by atoms with Gasteiger partial charge in [-0.3, -0.25) is 4.57 Å². The van der Waals surface area contributed by atoms with Crippen LogP contribution in [0.25, 0.3) is 0 Å². The van der Waals surface area contributed by atoms with Crippen LogP contribution >= 0.6 is 0 Å². The highest BCUT2D eigenvalue weighted by Crippen LogP contribution is 2.10. The van der Waals surface area contributed by atoms with E-state index >= 15 is 0 Å². The van der Waals surface area contributed by atoms with E-state index in [4.69, 9.17) is 0 Å². The van der Waals surface area contributed by atoms with E-state index in [9.17, 15) is 4.79 Å². The Morgan fingerprint density at radius 1 is 1.05 bits per heavy atom. The van der Waals surface area contributed by atoms with Crippen molar-refractivity contribution < 1.29 is 0 Å². The fraction of sp³-hybridized carbons (Fsp3) is 0.467. The van der Waals surface area contributed by atoms with Crippen molar-refractivity contribution in [3.63, 3.8) is 0 Å². The molecule has 0 fully saturated rings. The predicted octanol–water partition coefficient (Wildman–Crippen LogP) is 1.69. The Kier molecular flexibility index (Phi) is 4.35. The van der Waals surface area contributed by atoms with Crippen molar-refractivity contribution >= 4 is 5.95 Å². The number of rotatable bonds is 4. The number of hydrogen-bond acceptors (Lipinski definition) is 5. The number of nitrogens with one attached hydrogen (secondary N) is 1. The Bertz CT molecular complexity index is 697. The van der Waals surface area contributed by atoms with Crippen molar-refractivity contribution in [1.29, 1.82) is 0 Å². The summed E-state index contributed by atoms with van der Waals surface area (Å²) >= 11 is 0. The molecule has 0 aliphatic heterocycles. The highest BCUT2D eigenvalue weighted by atomic mass is 16.1. The molecule has 2 rings (SSSR count). The molecule has 0 amide bonds. The number of aryl methyl sites for hydroxylation is 4. The SMILES string of the molecule is Cc1cc(C)n(CCNc2nc(C)c(C)c(C)n2)c(=O)n1. The predicted molar refractivity (Wildman–Crippen MR) is 82.7 cm³/mol. The molecular weight excluding hydrogens is 266 g/mol. The minimum absolute atomic E-state index is 0.216. The third-order valence-electron chi connectivity index (χ3n) is 3.60. The van der Waals surface area contributed by atoms with Gasteiger partial charge in [-0.25, -0.2) is 14.8 Å². The molecule has 0 aromatic carbocycles. The van der Waals surface area contributed by atoms with Gasteiger partial charge in [0.2, 0.25) is 5.95 Å². The molecule has 1 N–H and O–H groups in total. The van der Waals surface area contributed by atoms with Gasteiger partial charge in [-0.05, 0) is 46.2 Å². The van der Waals surface area contributed by atoms with Gasteiger partial charge >= 0.3 is 5.69 Å². The van der Waals surface area contributed by atoms with Crippen LogP contribution in [-0.2, 0) is 6.54 Å². The van der Waals surface area contributed by atoms with Crippen LogP contribution in [0.4, 0.5) is 5.95 Å². The first-order valence-corrected chi connectivity index (χ1v) is 6.99. The van der Waals surface area contributed by atoms with Gasteiger partial charge in [0.15, 0.2) is 0 Å². The van der Waals surface area contributed by atoms with Crippen molar-refractivity contribution in [2.45, 2.75) is 41.2 Å². The second kappa shape index (κ2) is 6.03. The van der Waals surface area contributed by atoms with Crippen molar-refractivity contribution in [1.82, 2.24) is 19.5 Å². The summed E-state index contributed by atoms with van der Waals surface area (Å²) in [6.45, 7) is 10.8. The number of aromatic nitrogens is 4. The molecule has 0 atom stereocenters. The van der Waals surface area contributed by atoms with Crippen LogP contribution in [0, 0.1) is 34.6 Å². The van der Waals surface area contributed by atoms with Gasteiger partial charge in [-0.15, -0.1) is 0 Å². The molecule has 0 aliphatic rings. The fourth-order valence-corrected chi connectivity index (χ4v) is 2.18. The minimum atomic E-state index is -0.216. The second-order valence-electron chi connectivity index (χ2n) is 5.24. The lowest BCUT2D eigenvalue weighted by atomic mass is 10.2. The van der Waals surface area contributed by atoms with E-state index in [1.165, 1.54) is 0 Å². The van der Waals surface area contributed by atoms with E-state index in [0.29, 0.717) is 19.0 Å². The Labute approximate surface area is 124 Å². The van der Waals surface area contributed by atoms with Crippen LogP contribution in [0.15, 0.2) is 10.9 Å². The lowest BCUT2D eigenvalue weighted by molar-refractivity contribution is 0.645. The zero-order valence-electron chi connectivity index (χ0n) is 13.2. The molecule has 0 spiro atoms. The molecular formula is C15H21N5O. The second-order valence-corrected chi connectivity index (χ2v) is 5.24. The van der Waals surface area contributed by atoms with Gasteiger partial charge in [-0.2, -0.15) is 4.98 Å². The zero-order chi connectivity index (χ0) is 15.6. The van der Waals surface area contributed by atoms with Gasteiger partial charge in [0.1, 0.15) is 0 Å². The van der Waals surface area contributed by atoms with Crippen LogP contribution in [0.3, 0.4) is 0 Å². The summed E-state index contributed by atoms with van der Waals surface area (Å²) in [7, 11) is 0. The van der Waals surface area contributed by atoms with Gasteiger partial charge in [0.05, 0.1) is 0 Å². The van der Waals surface area contributed by atoms with Crippen molar-refractivity contribution in [2.24, 2.45) is 0 Å². The Hall–Kier alpha value is -2.24. The summed E-state index contributed by atoms with van der Waals surface area (Å²) in [6.07, 6.45) is 0. The third kappa shape index (κ3) is 3.45. The largest absolute Gasteiger partial charge is 0.352 e. The van der Waals surface area contributed by atoms with E-state index in [1.54, 1.807) is 4.57 Å². The number of nitrogens with zero attached hydrogens (tertiary/aromatic N) is 4. The average molecular weight is 287 g/mol. The number of anilines is 1. The standard InChI is InChI=1S/C15H21N5O/c1-9-8-10(2)20(15(21)17-9)7-6-16-14-18-12(4)11(3)13(5)19-14/h8H,6-7H2,1-5H3,(H,16,18,19). The molecule has 2 heterocycles. The monoisotopic (exact) mass is 287 g/mol. The quantitative estimate of drug-likeness (QED) is 0.926. The maximum Gasteiger partial charge on any atom is 0.348 e. The normalized spacial score (nSPS) is 10.7. The summed E-state index contributed by atoms with van der Waals surface area (Å²) < 4.78 is 1.65. The molecule has 0 bridgehead atoms. The number of hydrogen-bond donors (Lipinski definition) is 1. The average Bonchev–Trinajstić information content (AvgIpc) is 2.38. The maximum absolute atomic E-state index is 11.8. The summed E-state index contributed by atoms with van der Waals surface area (Å²) in [5.74, 6) is 0.598. The lowest BCUT2D eigenvalue weighted by Gasteiger charge is -2.12.